The van der Waals surface area contributed by atoms with Crippen LogP contribution in [0.4, 0.5) is 0 Å². The molecule has 0 atom stereocenters. The maximum Gasteiger partial charge on any atom is 0.0876 e. The molecule has 0 aromatic carbocycles. The molecule has 1 nitrogen and oxygen atoms in total. The van der Waals surface area contributed by atoms with E-state index in [0.29, 0.717) is 0 Å². The predicted molar refractivity (Wildman–Crippen MR) is 36.0 cm³/mol. The Bertz CT molecular complexity index is 134. The molecule has 1 heteroatoms. The summed E-state index contributed by atoms with van der Waals surface area (Å²) in [6, 6.07) is 0. The topological polar surface area (TPSA) is 9.23 Å². The second-order valence-electron chi connectivity index (χ2n) is 2.94. The molecule has 9 heavy (non-hydrogen) atoms. The van der Waals surface area contributed by atoms with Crippen LogP contribution in [-0.4, -0.2) is 6.61 Å². The largest absolute Gasteiger partial charge is 0.501 e. The van der Waals surface area contributed by atoms with Crippen LogP contribution in [0, 0.1) is 5.92 Å². The van der Waals surface area contributed by atoms with Gasteiger partial charge in [0, 0.05) is 0 Å². The molecule has 1 saturated carbocycles. The molecule has 0 saturated heterocycles. The van der Waals surface area contributed by atoms with E-state index >= 15 is 0 Å². The summed E-state index contributed by atoms with van der Waals surface area (Å²) < 4.78 is 5.22. The Hall–Kier alpha value is -0.460. The van der Waals surface area contributed by atoms with Crippen LogP contribution < -0.4 is 0 Å². The molecule has 1 aliphatic carbocycles. The number of hydrogen-bond acceptors (Lipinski definition) is 1. The van der Waals surface area contributed by atoms with E-state index in [1.807, 2.05) is 6.26 Å². The third-order valence-corrected chi connectivity index (χ3v) is 2.06. The Labute approximate surface area is 55.7 Å². The Kier molecular flexibility index (Phi) is 1.22. The van der Waals surface area contributed by atoms with Crippen LogP contribution >= 0.6 is 0 Å². The van der Waals surface area contributed by atoms with E-state index < -0.39 is 0 Å². The minimum atomic E-state index is 0.922. The highest BCUT2D eigenvalue weighted by atomic mass is 16.5. The summed E-state index contributed by atoms with van der Waals surface area (Å²) in [6.45, 7) is 0.941. The van der Waals surface area contributed by atoms with Gasteiger partial charge in [-0.2, -0.15) is 0 Å². The van der Waals surface area contributed by atoms with Crippen LogP contribution in [0.25, 0.3) is 0 Å². The molecule has 0 aromatic heterocycles. The minimum absolute atomic E-state index is 0.922. The van der Waals surface area contributed by atoms with Gasteiger partial charge in [-0.05, 0) is 37.2 Å². The Morgan fingerprint density at radius 2 is 2.33 bits per heavy atom. The lowest BCUT2D eigenvalue weighted by atomic mass is 10.1. The fraction of sp³-hybridized carbons (Fsp3) is 0.750. The molecule has 0 N–H and O–H groups in total. The second-order valence-corrected chi connectivity index (χ2v) is 2.94. The SMILES string of the molecule is C1=C(C2CC2)CCCO1. The van der Waals surface area contributed by atoms with Gasteiger partial charge in [-0.15, -0.1) is 0 Å². The fourth-order valence-corrected chi connectivity index (χ4v) is 1.34. The fourth-order valence-electron chi connectivity index (χ4n) is 1.34. The van der Waals surface area contributed by atoms with Crippen molar-refractivity contribution in [2.75, 3.05) is 6.61 Å². The molecule has 0 radical (unpaired) electrons. The van der Waals surface area contributed by atoms with Crippen molar-refractivity contribution >= 4 is 0 Å². The first-order valence-electron chi connectivity index (χ1n) is 3.77. The molecule has 0 spiro atoms. The van der Waals surface area contributed by atoms with E-state index in [-0.39, 0.29) is 0 Å². The molecule has 1 fully saturated rings. The zero-order chi connectivity index (χ0) is 6.10. The smallest absolute Gasteiger partial charge is 0.0876 e. The van der Waals surface area contributed by atoms with Gasteiger partial charge in [0.2, 0.25) is 0 Å². The highest BCUT2D eigenvalue weighted by Crippen LogP contribution is 2.39. The first-order chi connectivity index (χ1) is 4.47. The van der Waals surface area contributed by atoms with Gasteiger partial charge >= 0.3 is 0 Å². The lowest BCUT2D eigenvalue weighted by molar-refractivity contribution is 0.222. The average molecular weight is 124 g/mol. The predicted octanol–water partition coefficient (Wildman–Crippen LogP) is 2.09. The van der Waals surface area contributed by atoms with Gasteiger partial charge < -0.3 is 4.74 Å². The van der Waals surface area contributed by atoms with Crippen LogP contribution in [0.2, 0.25) is 0 Å². The summed E-state index contributed by atoms with van der Waals surface area (Å²) in [4.78, 5) is 0. The maximum atomic E-state index is 5.22. The molecule has 0 unspecified atom stereocenters. The van der Waals surface area contributed by atoms with E-state index in [1.165, 1.54) is 25.7 Å². The maximum absolute atomic E-state index is 5.22. The number of hydrogen-bond donors (Lipinski definition) is 0. The lowest BCUT2D eigenvalue weighted by Crippen LogP contribution is -1.99. The van der Waals surface area contributed by atoms with Crippen LogP contribution in [0.5, 0.6) is 0 Å². The summed E-state index contributed by atoms with van der Waals surface area (Å²) in [5.74, 6) is 0.922. The zero-order valence-electron chi connectivity index (χ0n) is 5.60. The van der Waals surface area contributed by atoms with Gasteiger partial charge in [-0.1, -0.05) is 0 Å². The van der Waals surface area contributed by atoms with Crippen molar-refractivity contribution in [1.29, 1.82) is 0 Å². The van der Waals surface area contributed by atoms with E-state index in [2.05, 4.69) is 0 Å². The van der Waals surface area contributed by atoms with Gasteiger partial charge in [-0.25, -0.2) is 0 Å². The third-order valence-electron chi connectivity index (χ3n) is 2.06. The van der Waals surface area contributed by atoms with Crippen molar-refractivity contribution in [1.82, 2.24) is 0 Å². The summed E-state index contributed by atoms with van der Waals surface area (Å²) in [5.41, 5.74) is 1.57. The van der Waals surface area contributed by atoms with E-state index in [4.69, 9.17) is 4.74 Å². The first kappa shape index (κ1) is 5.33. The van der Waals surface area contributed by atoms with E-state index in [0.717, 1.165) is 12.5 Å². The van der Waals surface area contributed by atoms with Gasteiger partial charge in [0.15, 0.2) is 0 Å². The van der Waals surface area contributed by atoms with Gasteiger partial charge in [0.1, 0.15) is 0 Å². The molecule has 0 amide bonds. The monoisotopic (exact) mass is 124 g/mol. The molecule has 2 aliphatic rings. The van der Waals surface area contributed by atoms with Crippen molar-refractivity contribution in [3.05, 3.63) is 11.8 Å². The average Bonchev–Trinajstić information content (AvgIpc) is 2.71. The highest BCUT2D eigenvalue weighted by molar-refractivity contribution is 5.11. The molecule has 2 rings (SSSR count). The number of ether oxygens (including phenoxy) is 1. The minimum Gasteiger partial charge on any atom is -0.501 e. The zero-order valence-corrected chi connectivity index (χ0v) is 5.60. The normalized spacial score (nSPS) is 26.9. The van der Waals surface area contributed by atoms with Crippen LogP contribution in [-0.2, 0) is 4.74 Å². The molecule has 1 aliphatic heterocycles. The highest BCUT2D eigenvalue weighted by Gasteiger charge is 2.26. The van der Waals surface area contributed by atoms with Crippen molar-refractivity contribution in [3.8, 4) is 0 Å². The summed E-state index contributed by atoms with van der Waals surface area (Å²) in [6.07, 6.45) is 7.35. The van der Waals surface area contributed by atoms with Gasteiger partial charge in [0.05, 0.1) is 12.9 Å². The van der Waals surface area contributed by atoms with Gasteiger partial charge in [0.25, 0.3) is 0 Å². The quantitative estimate of drug-likeness (QED) is 0.520. The number of rotatable bonds is 1. The second kappa shape index (κ2) is 2.05. The molecular formula is C8H12O. The van der Waals surface area contributed by atoms with Crippen LogP contribution in [0.15, 0.2) is 11.8 Å². The molecule has 50 valence electrons. The molecule has 0 aromatic rings. The van der Waals surface area contributed by atoms with Crippen molar-refractivity contribution < 1.29 is 4.74 Å². The van der Waals surface area contributed by atoms with E-state index in [9.17, 15) is 0 Å². The Morgan fingerprint density at radius 3 is 2.89 bits per heavy atom. The molecule has 0 bridgehead atoms. The Morgan fingerprint density at radius 1 is 1.44 bits per heavy atom. The third kappa shape index (κ3) is 1.09. The number of allylic oxidation sites excluding steroid dienone is 1. The van der Waals surface area contributed by atoms with Crippen LogP contribution in [0.3, 0.4) is 0 Å². The first-order valence-corrected chi connectivity index (χ1v) is 3.77. The van der Waals surface area contributed by atoms with Crippen molar-refractivity contribution in [2.24, 2.45) is 5.92 Å². The summed E-state index contributed by atoms with van der Waals surface area (Å²) in [5, 5.41) is 0. The Balaban J connectivity index is 1.99. The van der Waals surface area contributed by atoms with Crippen molar-refractivity contribution in [2.45, 2.75) is 25.7 Å². The van der Waals surface area contributed by atoms with Crippen LogP contribution in [0.1, 0.15) is 25.7 Å². The molecule has 1 heterocycles. The summed E-state index contributed by atoms with van der Waals surface area (Å²) in [7, 11) is 0. The molecular weight excluding hydrogens is 112 g/mol. The van der Waals surface area contributed by atoms with E-state index in [1.54, 1.807) is 5.57 Å². The van der Waals surface area contributed by atoms with Gasteiger partial charge in [-0.3, -0.25) is 0 Å². The summed E-state index contributed by atoms with van der Waals surface area (Å²) >= 11 is 0. The lowest BCUT2D eigenvalue weighted by Gasteiger charge is -2.11. The standard InChI is InChI=1S/C8H12O/c1-2-8(6-9-5-1)7-3-4-7/h6-7H,1-5H2. The van der Waals surface area contributed by atoms with Crippen molar-refractivity contribution in [3.63, 3.8) is 0 Å².